The molecule has 1 saturated heterocycles. The maximum absolute atomic E-state index is 16.0. The SMILES string of the molecule is Cc1ncnn2c([C@]3(C#N)O[C@H](COP(=O)(O)NCCC4=CCc5ccccc54)[C@@H](O)[C@@]3(C)F)cnc12. The molecule has 1 aromatic carbocycles. The van der Waals surface area contributed by atoms with Gasteiger partial charge in [-0.05, 0) is 43.4 Å². The van der Waals surface area contributed by atoms with Crippen LogP contribution in [0.15, 0.2) is 42.9 Å². The average Bonchev–Trinajstić information content (AvgIpc) is 3.54. The molecule has 13 heteroatoms. The van der Waals surface area contributed by atoms with Crippen LogP contribution < -0.4 is 5.09 Å². The topological polar surface area (TPSA) is 155 Å². The Hall–Kier alpha value is -3.04. The Morgan fingerprint density at radius 1 is 1.41 bits per heavy atom. The lowest BCUT2D eigenvalue weighted by Gasteiger charge is -2.30. The summed E-state index contributed by atoms with van der Waals surface area (Å²) in [5.41, 5.74) is -0.800. The van der Waals surface area contributed by atoms with Crippen molar-refractivity contribution in [1.82, 2.24) is 24.7 Å². The molecular formula is C24H26FN6O5P. The summed E-state index contributed by atoms with van der Waals surface area (Å²) >= 11 is 0. The van der Waals surface area contributed by atoms with Gasteiger partial charge >= 0.3 is 7.75 Å². The maximum Gasteiger partial charge on any atom is 0.403 e. The lowest BCUT2D eigenvalue weighted by molar-refractivity contribution is -0.0703. The molecule has 0 amide bonds. The summed E-state index contributed by atoms with van der Waals surface area (Å²) in [4.78, 5) is 18.5. The van der Waals surface area contributed by atoms with Gasteiger partial charge in [-0.2, -0.15) is 10.4 Å². The standard InChI is InChI=1S/C24H26FN6O5P/c1-15-22-27-11-20(31(22)29-14-28-15)24(13-26)23(2,25)21(32)19(36-24)12-35-37(33,34)30-10-9-17-8-7-16-5-3-4-6-18(16)17/h3-6,8,11,14,19,21,32H,7,9-10,12H2,1-2H3,(H2,30,33,34)/t19-,21-,23-,24+/m1/s1. The highest BCUT2D eigenvalue weighted by Crippen LogP contribution is 2.50. The second-order valence-electron chi connectivity index (χ2n) is 9.26. The number of rotatable bonds is 8. The van der Waals surface area contributed by atoms with Gasteiger partial charge in [0, 0.05) is 6.54 Å². The first kappa shape index (κ1) is 25.6. The van der Waals surface area contributed by atoms with Crippen molar-refractivity contribution in [2.45, 2.75) is 50.2 Å². The summed E-state index contributed by atoms with van der Waals surface area (Å²) in [7, 11) is -4.32. The molecule has 2 aliphatic rings. The molecule has 3 heterocycles. The molecule has 5 atom stereocenters. The Morgan fingerprint density at radius 3 is 2.97 bits per heavy atom. The number of benzene rings is 1. The van der Waals surface area contributed by atoms with Crippen LogP contribution in [0.5, 0.6) is 0 Å². The van der Waals surface area contributed by atoms with Crippen molar-refractivity contribution < 1.29 is 28.2 Å². The molecule has 194 valence electrons. The van der Waals surface area contributed by atoms with Gasteiger partial charge in [-0.1, -0.05) is 30.3 Å². The summed E-state index contributed by atoms with van der Waals surface area (Å²) in [6.45, 7) is 2.22. The normalized spacial score (nSPS) is 28.6. The van der Waals surface area contributed by atoms with Crippen molar-refractivity contribution in [3.8, 4) is 6.07 Å². The highest BCUT2D eigenvalue weighted by atomic mass is 31.2. The van der Waals surface area contributed by atoms with E-state index < -0.39 is 37.8 Å². The number of nitrogens with zero attached hydrogens (tertiary/aromatic N) is 5. The number of aryl methyl sites for hydroxylation is 1. The third-order valence-electron chi connectivity index (χ3n) is 6.97. The van der Waals surface area contributed by atoms with E-state index in [0.717, 1.165) is 24.5 Å². The van der Waals surface area contributed by atoms with Crippen LogP contribution in [0.2, 0.25) is 0 Å². The van der Waals surface area contributed by atoms with E-state index in [1.54, 1.807) is 6.92 Å². The van der Waals surface area contributed by atoms with E-state index in [4.69, 9.17) is 9.26 Å². The molecule has 1 unspecified atom stereocenters. The zero-order valence-corrected chi connectivity index (χ0v) is 21.1. The summed E-state index contributed by atoms with van der Waals surface area (Å²) in [5.74, 6) is 0. The number of hydrogen-bond acceptors (Lipinski definition) is 8. The lowest BCUT2D eigenvalue weighted by atomic mass is 9.82. The van der Waals surface area contributed by atoms with Gasteiger partial charge < -0.3 is 14.7 Å². The van der Waals surface area contributed by atoms with Gasteiger partial charge in [0.1, 0.15) is 30.3 Å². The zero-order valence-electron chi connectivity index (χ0n) is 20.2. The fourth-order valence-corrected chi connectivity index (χ4v) is 5.74. The van der Waals surface area contributed by atoms with Gasteiger partial charge in [0.05, 0.1) is 18.5 Å². The van der Waals surface area contributed by atoms with E-state index in [2.05, 4.69) is 26.2 Å². The smallest absolute Gasteiger partial charge is 0.387 e. The van der Waals surface area contributed by atoms with Crippen LogP contribution in [-0.2, 0) is 25.8 Å². The Balaban J connectivity index is 1.27. The van der Waals surface area contributed by atoms with Gasteiger partial charge in [0.2, 0.25) is 5.60 Å². The fraction of sp³-hybridized carbons (Fsp3) is 0.417. The fourth-order valence-electron chi connectivity index (χ4n) is 4.91. The number of allylic oxidation sites excluding steroid dienone is 1. The van der Waals surface area contributed by atoms with Crippen LogP contribution >= 0.6 is 7.75 Å². The summed E-state index contributed by atoms with van der Waals surface area (Å²) in [6.07, 6.45) is 2.60. The molecule has 5 rings (SSSR count). The van der Waals surface area contributed by atoms with Crippen LogP contribution in [-0.4, -0.2) is 60.6 Å². The number of aliphatic hydroxyl groups is 1. The molecule has 1 aliphatic heterocycles. The molecule has 3 aromatic rings. The van der Waals surface area contributed by atoms with Gasteiger partial charge in [-0.25, -0.2) is 28.5 Å². The minimum Gasteiger partial charge on any atom is -0.387 e. The monoisotopic (exact) mass is 528 g/mol. The number of imidazole rings is 1. The molecule has 2 aromatic heterocycles. The highest BCUT2D eigenvalue weighted by Gasteiger charge is 2.67. The first-order valence-electron chi connectivity index (χ1n) is 11.7. The summed E-state index contributed by atoms with van der Waals surface area (Å²) < 4.78 is 40.7. The Kier molecular flexibility index (Phi) is 6.48. The summed E-state index contributed by atoms with van der Waals surface area (Å²) in [5, 5.41) is 27.3. The van der Waals surface area contributed by atoms with Gasteiger partial charge in [0.25, 0.3) is 0 Å². The quantitative estimate of drug-likeness (QED) is 0.371. The molecule has 1 fully saturated rings. The third kappa shape index (κ3) is 4.28. The first-order valence-corrected chi connectivity index (χ1v) is 13.3. The zero-order chi connectivity index (χ0) is 26.4. The number of nitriles is 1. The second kappa shape index (κ2) is 9.36. The number of halogens is 1. The number of aliphatic hydroxyl groups excluding tert-OH is 1. The van der Waals surface area contributed by atoms with E-state index in [1.165, 1.54) is 22.6 Å². The predicted octanol–water partition coefficient (Wildman–Crippen LogP) is 2.38. The Labute approximate surface area is 212 Å². The number of hydrogen-bond donors (Lipinski definition) is 3. The molecule has 0 saturated carbocycles. The lowest BCUT2D eigenvalue weighted by Crippen LogP contribution is -2.48. The van der Waals surface area contributed by atoms with Crippen molar-refractivity contribution in [1.29, 1.82) is 5.26 Å². The van der Waals surface area contributed by atoms with Crippen molar-refractivity contribution >= 4 is 19.0 Å². The second-order valence-corrected chi connectivity index (χ2v) is 10.9. The maximum atomic E-state index is 16.0. The molecule has 0 spiro atoms. The van der Waals surface area contributed by atoms with E-state index >= 15 is 4.39 Å². The number of fused-ring (bicyclic) bond motifs is 2. The molecule has 11 nitrogen and oxygen atoms in total. The van der Waals surface area contributed by atoms with Crippen LogP contribution in [0, 0.1) is 18.3 Å². The van der Waals surface area contributed by atoms with Crippen molar-refractivity contribution in [3.05, 3.63) is 65.4 Å². The number of aromatic nitrogens is 4. The average molecular weight is 528 g/mol. The van der Waals surface area contributed by atoms with E-state index in [0.29, 0.717) is 17.8 Å². The minimum atomic E-state index is -4.32. The largest absolute Gasteiger partial charge is 0.403 e. The van der Waals surface area contributed by atoms with E-state index in [-0.39, 0.29) is 12.2 Å². The van der Waals surface area contributed by atoms with Gasteiger partial charge in [0.15, 0.2) is 11.3 Å². The molecule has 3 N–H and O–H groups in total. The van der Waals surface area contributed by atoms with Gasteiger partial charge in [-0.15, -0.1) is 0 Å². The highest BCUT2D eigenvalue weighted by molar-refractivity contribution is 7.50. The number of ether oxygens (including phenoxy) is 1. The first-order chi connectivity index (χ1) is 17.6. The van der Waals surface area contributed by atoms with Crippen molar-refractivity contribution in [2.24, 2.45) is 0 Å². The van der Waals surface area contributed by atoms with Crippen molar-refractivity contribution in [2.75, 3.05) is 13.2 Å². The molecule has 0 radical (unpaired) electrons. The van der Waals surface area contributed by atoms with E-state index in [1.807, 2.05) is 30.3 Å². The van der Waals surface area contributed by atoms with Gasteiger partial charge in [-0.3, -0.25) is 4.52 Å². The number of alkyl halides is 1. The minimum absolute atomic E-state index is 0.0440. The van der Waals surface area contributed by atoms with Crippen LogP contribution in [0.25, 0.3) is 11.2 Å². The molecular weight excluding hydrogens is 502 g/mol. The van der Waals surface area contributed by atoms with Crippen molar-refractivity contribution in [3.63, 3.8) is 0 Å². The predicted molar refractivity (Wildman–Crippen MR) is 130 cm³/mol. The molecule has 1 aliphatic carbocycles. The molecule has 0 bridgehead atoms. The van der Waals surface area contributed by atoms with Crippen LogP contribution in [0.4, 0.5) is 4.39 Å². The molecule has 37 heavy (non-hydrogen) atoms. The third-order valence-corrected chi connectivity index (χ3v) is 8.10. The van der Waals surface area contributed by atoms with Crippen LogP contribution in [0.3, 0.4) is 0 Å². The van der Waals surface area contributed by atoms with Crippen LogP contribution in [0.1, 0.15) is 35.9 Å². The Morgan fingerprint density at radius 2 is 2.19 bits per heavy atom. The Bertz CT molecular complexity index is 1470. The summed E-state index contributed by atoms with van der Waals surface area (Å²) in [6, 6.07) is 9.79. The van der Waals surface area contributed by atoms with E-state index in [9.17, 15) is 19.8 Å². The number of nitrogens with one attached hydrogen (secondary N) is 1.